The molecule has 1 fully saturated rings. The second-order valence-corrected chi connectivity index (χ2v) is 8.16. The van der Waals surface area contributed by atoms with Crippen LogP contribution in [-0.4, -0.2) is 33.6 Å². The van der Waals surface area contributed by atoms with Crippen molar-refractivity contribution < 1.29 is 4.79 Å². The molecule has 0 bridgehead atoms. The van der Waals surface area contributed by atoms with Crippen LogP contribution >= 0.6 is 35.1 Å². The monoisotopic (exact) mass is 353 g/mol. The van der Waals surface area contributed by atoms with Crippen molar-refractivity contribution in [3.63, 3.8) is 0 Å². The van der Waals surface area contributed by atoms with Gasteiger partial charge in [0.1, 0.15) is 0 Å². The van der Waals surface area contributed by atoms with Crippen LogP contribution in [0.2, 0.25) is 5.02 Å². The number of benzene rings is 1. The van der Waals surface area contributed by atoms with Gasteiger partial charge in [0, 0.05) is 29.6 Å². The van der Waals surface area contributed by atoms with Crippen LogP contribution in [0.25, 0.3) is 10.9 Å². The highest BCUT2D eigenvalue weighted by atomic mass is 35.5. The van der Waals surface area contributed by atoms with E-state index in [1.54, 1.807) is 18.3 Å². The number of anilines is 1. The van der Waals surface area contributed by atoms with Gasteiger partial charge >= 0.3 is 6.03 Å². The number of halogens is 1. The first-order chi connectivity index (χ1) is 10.7. The standard InChI is InChI=1S/C15H16ClN3OS2/c16-11-3-4-12(10-2-1-6-17-14(10)11)19-15(20)18-7-5-13-21-8-9-22-13/h1-4,6,13H,5,7-9H2,(H2,18,19,20). The van der Waals surface area contributed by atoms with Gasteiger partial charge in [0.2, 0.25) is 0 Å². The number of amides is 2. The molecule has 0 spiro atoms. The van der Waals surface area contributed by atoms with E-state index in [9.17, 15) is 4.79 Å². The number of fused-ring (bicyclic) bond motifs is 1. The second kappa shape index (κ2) is 7.44. The van der Waals surface area contributed by atoms with Gasteiger partial charge in [-0.25, -0.2) is 4.79 Å². The predicted molar refractivity (Wildman–Crippen MR) is 97.1 cm³/mol. The lowest BCUT2D eigenvalue weighted by Crippen LogP contribution is -2.30. The maximum atomic E-state index is 12.0. The van der Waals surface area contributed by atoms with Crippen molar-refractivity contribution in [1.29, 1.82) is 0 Å². The Bertz CT molecular complexity index is 677. The molecular weight excluding hydrogens is 338 g/mol. The highest BCUT2D eigenvalue weighted by Gasteiger charge is 2.16. The van der Waals surface area contributed by atoms with E-state index in [0.29, 0.717) is 21.7 Å². The normalized spacial score (nSPS) is 15.1. The summed E-state index contributed by atoms with van der Waals surface area (Å²) >= 11 is 10.1. The summed E-state index contributed by atoms with van der Waals surface area (Å²) in [5, 5.41) is 7.20. The molecule has 0 saturated carbocycles. The van der Waals surface area contributed by atoms with Crippen molar-refractivity contribution >= 4 is 57.7 Å². The van der Waals surface area contributed by atoms with Crippen LogP contribution in [0, 0.1) is 0 Å². The van der Waals surface area contributed by atoms with E-state index in [1.165, 1.54) is 11.5 Å². The van der Waals surface area contributed by atoms with Gasteiger partial charge < -0.3 is 10.6 Å². The molecule has 1 aromatic carbocycles. The van der Waals surface area contributed by atoms with Gasteiger partial charge in [0.05, 0.1) is 20.8 Å². The summed E-state index contributed by atoms with van der Waals surface area (Å²) in [4.78, 5) is 16.3. The van der Waals surface area contributed by atoms with Crippen molar-refractivity contribution in [2.75, 3.05) is 23.4 Å². The van der Waals surface area contributed by atoms with Gasteiger partial charge in [-0.05, 0) is 30.7 Å². The summed E-state index contributed by atoms with van der Waals surface area (Å²) in [5.41, 5.74) is 1.41. The average molecular weight is 354 g/mol. The molecule has 1 aliphatic rings. The van der Waals surface area contributed by atoms with Crippen molar-refractivity contribution in [3.05, 3.63) is 35.5 Å². The first-order valence-electron chi connectivity index (χ1n) is 7.05. The van der Waals surface area contributed by atoms with Gasteiger partial charge in [-0.1, -0.05) is 11.6 Å². The van der Waals surface area contributed by atoms with Crippen molar-refractivity contribution in [3.8, 4) is 0 Å². The molecule has 4 nitrogen and oxygen atoms in total. The van der Waals surface area contributed by atoms with Crippen LogP contribution < -0.4 is 10.6 Å². The molecule has 0 atom stereocenters. The fourth-order valence-corrected chi connectivity index (χ4v) is 5.33. The molecular formula is C15H16ClN3OS2. The fourth-order valence-electron chi connectivity index (χ4n) is 2.29. The molecule has 0 unspecified atom stereocenters. The average Bonchev–Trinajstić information content (AvgIpc) is 3.04. The maximum absolute atomic E-state index is 12.0. The van der Waals surface area contributed by atoms with Gasteiger partial charge in [-0.2, -0.15) is 0 Å². The van der Waals surface area contributed by atoms with Crippen LogP contribution in [0.15, 0.2) is 30.5 Å². The summed E-state index contributed by atoms with van der Waals surface area (Å²) in [6.07, 6.45) is 2.68. The van der Waals surface area contributed by atoms with Crippen molar-refractivity contribution in [1.82, 2.24) is 10.3 Å². The zero-order chi connectivity index (χ0) is 15.4. The minimum Gasteiger partial charge on any atom is -0.338 e. The minimum absolute atomic E-state index is 0.194. The Morgan fingerprint density at radius 1 is 1.32 bits per heavy atom. The van der Waals surface area contributed by atoms with Crippen LogP contribution in [0.4, 0.5) is 10.5 Å². The van der Waals surface area contributed by atoms with Gasteiger partial charge in [-0.15, -0.1) is 23.5 Å². The largest absolute Gasteiger partial charge is 0.338 e. The summed E-state index contributed by atoms with van der Waals surface area (Å²) < 4.78 is 0.612. The minimum atomic E-state index is -0.194. The molecule has 22 heavy (non-hydrogen) atoms. The van der Waals surface area contributed by atoms with Crippen molar-refractivity contribution in [2.24, 2.45) is 0 Å². The number of nitrogens with zero attached hydrogens (tertiary/aromatic N) is 1. The molecule has 1 aliphatic heterocycles. The highest BCUT2D eigenvalue weighted by molar-refractivity contribution is 8.20. The molecule has 2 aromatic rings. The Morgan fingerprint density at radius 3 is 2.95 bits per heavy atom. The van der Waals surface area contributed by atoms with E-state index in [-0.39, 0.29) is 6.03 Å². The van der Waals surface area contributed by atoms with Crippen LogP contribution in [0.1, 0.15) is 6.42 Å². The second-order valence-electron chi connectivity index (χ2n) is 4.84. The molecule has 1 saturated heterocycles. The summed E-state index contributed by atoms with van der Waals surface area (Å²) in [6, 6.07) is 7.08. The third-order valence-corrected chi connectivity index (χ3v) is 6.80. The number of carbonyl (C=O) groups is 1. The SMILES string of the molecule is O=C(NCCC1SCCS1)Nc1ccc(Cl)c2ncccc12. The smallest absolute Gasteiger partial charge is 0.319 e. The van der Waals surface area contributed by atoms with E-state index in [0.717, 1.165) is 17.5 Å². The lowest BCUT2D eigenvalue weighted by atomic mass is 10.2. The number of hydrogen-bond donors (Lipinski definition) is 2. The molecule has 2 amide bonds. The van der Waals surface area contributed by atoms with Crippen LogP contribution in [-0.2, 0) is 0 Å². The Balaban J connectivity index is 1.60. The number of hydrogen-bond acceptors (Lipinski definition) is 4. The molecule has 7 heteroatoms. The van der Waals surface area contributed by atoms with E-state index < -0.39 is 0 Å². The van der Waals surface area contributed by atoms with E-state index in [2.05, 4.69) is 15.6 Å². The zero-order valence-electron chi connectivity index (χ0n) is 11.8. The quantitative estimate of drug-likeness (QED) is 0.864. The highest BCUT2D eigenvalue weighted by Crippen LogP contribution is 2.33. The third kappa shape index (κ3) is 3.80. The number of carbonyl (C=O) groups excluding carboxylic acids is 1. The lowest BCUT2D eigenvalue weighted by molar-refractivity contribution is 0.252. The van der Waals surface area contributed by atoms with Crippen LogP contribution in [0.3, 0.4) is 0 Å². The zero-order valence-corrected chi connectivity index (χ0v) is 14.2. The Kier molecular flexibility index (Phi) is 5.33. The molecule has 0 aliphatic carbocycles. The van der Waals surface area contributed by atoms with Crippen molar-refractivity contribution in [2.45, 2.75) is 11.0 Å². The van der Waals surface area contributed by atoms with E-state index >= 15 is 0 Å². The Morgan fingerprint density at radius 2 is 2.14 bits per heavy atom. The number of nitrogens with one attached hydrogen (secondary N) is 2. The third-order valence-electron chi connectivity index (χ3n) is 3.33. The van der Waals surface area contributed by atoms with Gasteiger partial charge in [0.25, 0.3) is 0 Å². The molecule has 1 aromatic heterocycles. The first-order valence-corrected chi connectivity index (χ1v) is 9.53. The van der Waals surface area contributed by atoms with Crippen LogP contribution in [0.5, 0.6) is 0 Å². The summed E-state index contributed by atoms with van der Waals surface area (Å²) in [7, 11) is 0. The van der Waals surface area contributed by atoms with Gasteiger partial charge in [0.15, 0.2) is 0 Å². The Labute approximate surface area is 142 Å². The fraction of sp³-hybridized carbons (Fsp3) is 0.333. The summed E-state index contributed by atoms with van der Waals surface area (Å²) in [6.45, 7) is 0.681. The Hall–Kier alpha value is -1.11. The molecule has 116 valence electrons. The molecule has 0 radical (unpaired) electrons. The predicted octanol–water partition coefficient (Wildman–Crippen LogP) is 4.21. The molecule has 3 rings (SSSR count). The number of pyridine rings is 1. The number of urea groups is 1. The summed E-state index contributed by atoms with van der Waals surface area (Å²) in [5.74, 6) is 2.43. The number of aromatic nitrogens is 1. The molecule has 2 N–H and O–H groups in total. The lowest BCUT2D eigenvalue weighted by Gasteiger charge is -2.12. The van der Waals surface area contributed by atoms with E-state index in [4.69, 9.17) is 11.6 Å². The van der Waals surface area contributed by atoms with Gasteiger partial charge in [-0.3, -0.25) is 4.98 Å². The topological polar surface area (TPSA) is 54.0 Å². The number of thioether (sulfide) groups is 2. The first kappa shape index (κ1) is 15.8. The number of rotatable bonds is 4. The molecule has 2 heterocycles. The maximum Gasteiger partial charge on any atom is 0.319 e. The van der Waals surface area contributed by atoms with E-state index in [1.807, 2.05) is 35.7 Å².